The zero-order valence-electron chi connectivity index (χ0n) is 14.0. The standard InChI is InChI=1S/C18H24O5/c1-4-23-16(19)12-18(10-6-9-15(18)17(20)22-3)13-7-5-8-14(11-13)21-2/h5,7-8,11,15H,4,6,9-10,12H2,1-3H3. The number of benzene rings is 1. The Kier molecular flexibility index (Phi) is 5.64. The van der Waals surface area contributed by atoms with Gasteiger partial charge in [-0.25, -0.2) is 0 Å². The highest BCUT2D eigenvalue weighted by atomic mass is 16.5. The van der Waals surface area contributed by atoms with Crippen molar-refractivity contribution in [3.05, 3.63) is 29.8 Å². The maximum atomic E-state index is 12.3. The summed E-state index contributed by atoms with van der Waals surface area (Å²) < 4.78 is 15.4. The van der Waals surface area contributed by atoms with Crippen molar-refractivity contribution in [1.29, 1.82) is 0 Å². The van der Waals surface area contributed by atoms with Crippen molar-refractivity contribution in [2.45, 2.75) is 38.0 Å². The molecule has 0 amide bonds. The van der Waals surface area contributed by atoms with Gasteiger partial charge in [0.2, 0.25) is 0 Å². The van der Waals surface area contributed by atoms with Gasteiger partial charge < -0.3 is 14.2 Å². The molecule has 1 saturated carbocycles. The predicted molar refractivity (Wildman–Crippen MR) is 85.3 cm³/mol. The molecular formula is C18H24O5. The van der Waals surface area contributed by atoms with Crippen LogP contribution in [-0.2, 0) is 24.5 Å². The zero-order chi connectivity index (χ0) is 16.9. The van der Waals surface area contributed by atoms with Crippen molar-refractivity contribution in [2.75, 3.05) is 20.8 Å². The molecule has 0 radical (unpaired) electrons. The molecule has 0 aliphatic heterocycles. The SMILES string of the molecule is CCOC(=O)CC1(c2cccc(OC)c2)CCCC1C(=O)OC. The van der Waals surface area contributed by atoms with E-state index in [9.17, 15) is 9.59 Å². The summed E-state index contributed by atoms with van der Waals surface area (Å²) in [7, 11) is 2.99. The number of hydrogen-bond donors (Lipinski definition) is 0. The lowest BCUT2D eigenvalue weighted by Crippen LogP contribution is -2.38. The molecule has 0 saturated heterocycles. The first-order valence-electron chi connectivity index (χ1n) is 7.95. The van der Waals surface area contributed by atoms with E-state index >= 15 is 0 Å². The molecule has 0 spiro atoms. The van der Waals surface area contributed by atoms with Crippen LogP contribution in [0.3, 0.4) is 0 Å². The second kappa shape index (κ2) is 7.49. The van der Waals surface area contributed by atoms with Crippen LogP contribution in [-0.4, -0.2) is 32.8 Å². The molecule has 2 rings (SSSR count). The average molecular weight is 320 g/mol. The number of carbonyl (C=O) groups excluding carboxylic acids is 2. The number of methoxy groups -OCH3 is 2. The topological polar surface area (TPSA) is 61.8 Å². The number of esters is 2. The second-order valence-corrected chi connectivity index (χ2v) is 5.84. The molecule has 1 aliphatic rings. The Morgan fingerprint density at radius 2 is 2.09 bits per heavy atom. The van der Waals surface area contributed by atoms with E-state index in [1.165, 1.54) is 7.11 Å². The summed E-state index contributed by atoms with van der Waals surface area (Å²) in [5.74, 6) is -0.189. The summed E-state index contributed by atoms with van der Waals surface area (Å²) in [6, 6.07) is 7.58. The molecule has 1 aromatic carbocycles. The van der Waals surface area contributed by atoms with E-state index < -0.39 is 5.41 Å². The van der Waals surface area contributed by atoms with Gasteiger partial charge in [-0.15, -0.1) is 0 Å². The third-order valence-corrected chi connectivity index (χ3v) is 4.68. The Labute approximate surface area is 136 Å². The van der Waals surface area contributed by atoms with E-state index in [-0.39, 0.29) is 24.3 Å². The fourth-order valence-electron chi connectivity index (χ4n) is 3.62. The average Bonchev–Trinajstić information content (AvgIpc) is 2.99. The van der Waals surface area contributed by atoms with Gasteiger partial charge in [-0.2, -0.15) is 0 Å². The summed E-state index contributed by atoms with van der Waals surface area (Å²) in [6.45, 7) is 2.11. The normalized spacial score (nSPS) is 23.3. The van der Waals surface area contributed by atoms with Gasteiger partial charge in [0.1, 0.15) is 5.75 Å². The van der Waals surface area contributed by atoms with Crippen LogP contribution < -0.4 is 4.74 Å². The minimum absolute atomic E-state index is 0.174. The fourth-order valence-corrected chi connectivity index (χ4v) is 3.62. The van der Waals surface area contributed by atoms with Gasteiger partial charge in [0, 0.05) is 5.41 Å². The molecule has 0 aromatic heterocycles. The summed E-state index contributed by atoms with van der Waals surface area (Å²) in [4.78, 5) is 24.5. The Morgan fingerprint density at radius 1 is 1.30 bits per heavy atom. The Hall–Kier alpha value is -2.04. The van der Waals surface area contributed by atoms with Gasteiger partial charge in [-0.05, 0) is 37.5 Å². The van der Waals surface area contributed by atoms with Crippen LogP contribution in [0.2, 0.25) is 0 Å². The summed E-state index contributed by atoms with van der Waals surface area (Å²) in [6.07, 6.45) is 2.51. The van der Waals surface area contributed by atoms with Crippen LogP contribution in [0.15, 0.2) is 24.3 Å². The Bertz CT molecular complexity index is 568. The second-order valence-electron chi connectivity index (χ2n) is 5.84. The van der Waals surface area contributed by atoms with Crippen LogP contribution in [0.1, 0.15) is 38.2 Å². The summed E-state index contributed by atoms with van der Waals surface area (Å²) >= 11 is 0. The summed E-state index contributed by atoms with van der Waals surface area (Å²) in [5, 5.41) is 0. The van der Waals surface area contributed by atoms with Crippen LogP contribution in [0.25, 0.3) is 0 Å². The molecule has 0 N–H and O–H groups in total. The lowest BCUT2D eigenvalue weighted by atomic mass is 9.69. The molecule has 0 bridgehead atoms. The van der Waals surface area contributed by atoms with Crippen LogP contribution in [0, 0.1) is 5.92 Å². The van der Waals surface area contributed by atoms with Crippen LogP contribution in [0.5, 0.6) is 5.75 Å². The van der Waals surface area contributed by atoms with Crippen LogP contribution >= 0.6 is 0 Å². The van der Waals surface area contributed by atoms with Gasteiger partial charge >= 0.3 is 11.9 Å². The maximum Gasteiger partial charge on any atom is 0.309 e. The highest BCUT2D eigenvalue weighted by Gasteiger charge is 2.50. The van der Waals surface area contributed by atoms with Crippen molar-refractivity contribution in [2.24, 2.45) is 5.92 Å². The third-order valence-electron chi connectivity index (χ3n) is 4.68. The first-order chi connectivity index (χ1) is 11.1. The van der Waals surface area contributed by atoms with E-state index in [1.807, 2.05) is 24.3 Å². The van der Waals surface area contributed by atoms with Crippen molar-refractivity contribution in [3.8, 4) is 5.75 Å². The van der Waals surface area contributed by atoms with E-state index in [1.54, 1.807) is 14.0 Å². The van der Waals surface area contributed by atoms with E-state index in [4.69, 9.17) is 14.2 Å². The van der Waals surface area contributed by atoms with Gasteiger partial charge in [-0.1, -0.05) is 18.6 Å². The largest absolute Gasteiger partial charge is 0.497 e. The molecular weight excluding hydrogens is 296 g/mol. The van der Waals surface area contributed by atoms with Crippen LogP contribution in [0.4, 0.5) is 0 Å². The van der Waals surface area contributed by atoms with Gasteiger partial charge in [-0.3, -0.25) is 9.59 Å². The Balaban J connectivity index is 2.45. The van der Waals surface area contributed by atoms with E-state index in [0.29, 0.717) is 18.8 Å². The van der Waals surface area contributed by atoms with E-state index in [2.05, 4.69) is 0 Å². The number of rotatable bonds is 6. The lowest BCUT2D eigenvalue weighted by molar-refractivity contribution is -0.150. The molecule has 2 atom stereocenters. The molecule has 126 valence electrons. The number of ether oxygens (including phenoxy) is 3. The number of carbonyl (C=O) groups is 2. The van der Waals surface area contributed by atoms with Gasteiger partial charge in [0.15, 0.2) is 0 Å². The zero-order valence-corrected chi connectivity index (χ0v) is 14.0. The van der Waals surface area contributed by atoms with Crippen molar-refractivity contribution < 1.29 is 23.8 Å². The predicted octanol–water partition coefficient (Wildman–Crippen LogP) is 2.86. The molecule has 1 aromatic rings. The van der Waals surface area contributed by atoms with Crippen molar-refractivity contribution in [3.63, 3.8) is 0 Å². The fraction of sp³-hybridized carbons (Fsp3) is 0.556. The highest BCUT2D eigenvalue weighted by molar-refractivity contribution is 5.79. The molecule has 23 heavy (non-hydrogen) atoms. The highest BCUT2D eigenvalue weighted by Crippen LogP contribution is 2.49. The van der Waals surface area contributed by atoms with Gasteiger partial charge in [0.25, 0.3) is 0 Å². The molecule has 1 aliphatic carbocycles. The van der Waals surface area contributed by atoms with Gasteiger partial charge in [0.05, 0.1) is 33.2 Å². The first kappa shape index (κ1) is 17.3. The lowest BCUT2D eigenvalue weighted by Gasteiger charge is -2.34. The molecule has 1 fully saturated rings. The number of hydrogen-bond acceptors (Lipinski definition) is 5. The smallest absolute Gasteiger partial charge is 0.309 e. The summed E-state index contributed by atoms with van der Waals surface area (Å²) in [5.41, 5.74) is 0.339. The third kappa shape index (κ3) is 3.49. The van der Waals surface area contributed by atoms with Crippen molar-refractivity contribution in [1.82, 2.24) is 0 Å². The molecule has 2 unspecified atom stereocenters. The Morgan fingerprint density at radius 3 is 2.74 bits per heavy atom. The first-order valence-corrected chi connectivity index (χ1v) is 7.95. The van der Waals surface area contributed by atoms with Crippen molar-refractivity contribution >= 4 is 11.9 Å². The maximum absolute atomic E-state index is 12.3. The molecule has 5 heteroatoms. The monoisotopic (exact) mass is 320 g/mol. The quantitative estimate of drug-likeness (QED) is 0.754. The van der Waals surface area contributed by atoms with E-state index in [0.717, 1.165) is 18.4 Å². The minimum Gasteiger partial charge on any atom is -0.497 e. The molecule has 5 nitrogen and oxygen atoms in total. The minimum atomic E-state index is -0.589. The molecule has 0 heterocycles.